The van der Waals surface area contributed by atoms with Gasteiger partial charge in [0.2, 0.25) is 5.13 Å². The van der Waals surface area contributed by atoms with Crippen molar-refractivity contribution in [3.05, 3.63) is 33.9 Å². The van der Waals surface area contributed by atoms with E-state index in [4.69, 9.17) is 0 Å². The highest BCUT2D eigenvalue weighted by molar-refractivity contribution is 8.01. The maximum absolute atomic E-state index is 11.5. The van der Waals surface area contributed by atoms with E-state index in [1.165, 1.54) is 42.2 Å². The second-order valence-electron chi connectivity index (χ2n) is 4.34. The van der Waals surface area contributed by atoms with Crippen LogP contribution in [0, 0.1) is 10.1 Å². The van der Waals surface area contributed by atoms with Crippen molar-refractivity contribution in [2.24, 2.45) is 0 Å². The smallest absolute Gasteiger partial charge is 0.280 e. The molecule has 9 heteroatoms. The molecule has 110 valence electrons. The molecule has 0 fully saturated rings. The second kappa shape index (κ2) is 6.19. The summed E-state index contributed by atoms with van der Waals surface area (Å²) in [4.78, 5) is 24.4. The zero-order valence-corrected chi connectivity index (χ0v) is 13.2. The average molecular weight is 324 g/mol. The van der Waals surface area contributed by atoms with Gasteiger partial charge in [-0.3, -0.25) is 14.9 Å². The van der Waals surface area contributed by atoms with Crippen molar-refractivity contribution in [3.63, 3.8) is 0 Å². The van der Waals surface area contributed by atoms with Gasteiger partial charge in [0.15, 0.2) is 10.1 Å². The van der Waals surface area contributed by atoms with E-state index in [0.717, 1.165) is 5.13 Å². The minimum absolute atomic E-state index is 0.0994. The Kier molecular flexibility index (Phi) is 4.53. The predicted octanol–water partition coefficient (Wildman–Crippen LogP) is 2.87. The van der Waals surface area contributed by atoms with E-state index < -0.39 is 4.92 Å². The summed E-state index contributed by atoms with van der Waals surface area (Å²) < 4.78 is 0.710. The lowest BCUT2D eigenvalue weighted by Crippen LogP contribution is -2.07. The van der Waals surface area contributed by atoms with Crippen molar-refractivity contribution in [2.45, 2.75) is 16.2 Å². The molecule has 0 aliphatic rings. The molecule has 0 radical (unpaired) electrons. The number of nitro groups is 1. The van der Waals surface area contributed by atoms with Crippen molar-refractivity contribution in [3.8, 4) is 0 Å². The number of benzene rings is 1. The van der Waals surface area contributed by atoms with Crippen LogP contribution >= 0.6 is 23.1 Å². The van der Waals surface area contributed by atoms with E-state index >= 15 is 0 Å². The number of carbonyl (C=O) groups excluding carboxylic acids is 1. The molecule has 0 aliphatic heterocycles. The minimum atomic E-state index is -0.555. The van der Waals surface area contributed by atoms with Crippen LogP contribution in [0.4, 0.5) is 10.8 Å². The highest BCUT2D eigenvalue weighted by Crippen LogP contribution is 2.34. The quantitative estimate of drug-likeness (QED) is 0.474. The highest BCUT2D eigenvalue weighted by atomic mass is 32.2. The fourth-order valence-corrected chi connectivity index (χ4v) is 3.32. The first kappa shape index (κ1) is 15.4. The summed E-state index contributed by atoms with van der Waals surface area (Å²) in [6.07, 6.45) is 0. The molecule has 0 bridgehead atoms. The van der Waals surface area contributed by atoms with Crippen LogP contribution in [0.3, 0.4) is 0 Å². The molecule has 2 aromatic rings. The number of aromatic nitrogens is 2. The Morgan fingerprint density at radius 2 is 2.10 bits per heavy atom. The Morgan fingerprint density at radius 3 is 2.62 bits per heavy atom. The molecule has 21 heavy (non-hydrogen) atoms. The van der Waals surface area contributed by atoms with Gasteiger partial charge in [0.25, 0.3) is 5.69 Å². The molecule has 0 aliphatic carbocycles. The molecule has 0 unspecified atom stereocenters. The number of hydrogen-bond acceptors (Lipinski definition) is 8. The van der Waals surface area contributed by atoms with Gasteiger partial charge in [-0.05, 0) is 19.1 Å². The fraction of sp³-hybridized carbons (Fsp3) is 0.250. The molecule has 0 amide bonds. The number of rotatable bonds is 5. The van der Waals surface area contributed by atoms with Gasteiger partial charge >= 0.3 is 0 Å². The number of carbonyl (C=O) groups is 1. The third-order valence-electron chi connectivity index (χ3n) is 2.53. The molecule has 0 N–H and O–H groups in total. The number of nitro benzene ring substituents is 1. The highest BCUT2D eigenvalue weighted by Gasteiger charge is 2.18. The zero-order chi connectivity index (χ0) is 15.6. The van der Waals surface area contributed by atoms with Crippen molar-refractivity contribution in [2.75, 3.05) is 19.0 Å². The van der Waals surface area contributed by atoms with E-state index in [1.807, 2.05) is 19.0 Å². The number of hydrogen-bond donors (Lipinski definition) is 0. The number of nitrogens with zero attached hydrogens (tertiary/aromatic N) is 4. The van der Waals surface area contributed by atoms with Gasteiger partial charge in [-0.1, -0.05) is 23.1 Å². The molecule has 0 spiro atoms. The summed E-state index contributed by atoms with van der Waals surface area (Å²) in [7, 11) is 3.74. The largest absolute Gasteiger partial charge is 0.353 e. The van der Waals surface area contributed by atoms with Gasteiger partial charge in [0, 0.05) is 25.1 Å². The van der Waals surface area contributed by atoms with E-state index in [9.17, 15) is 14.9 Å². The number of Topliss-reactive ketones (excluding diaryl/α,β-unsaturated/α-hetero) is 1. The van der Waals surface area contributed by atoms with Crippen LogP contribution in [0.15, 0.2) is 27.4 Å². The number of ketones is 1. The van der Waals surface area contributed by atoms with E-state index in [-0.39, 0.29) is 17.0 Å². The predicted molar refractivity (Wildman–Crippen MR) is 81.5 cm³/mol. The molecular formula is C12H12N4O3S2. The topological polar surface area (TPSA) is 89.2 Å². The number of anilines is 1. The Balaban J connectivity index is 2.30. The summed E-state index contributed by atoms with van der Waals surface area (Å²) in [5.41, 5.74) is -0.0829. The van der Waals surface area contributed by atoms with Crippen molar-refractivity contribution < 1.29 is 9.72 Å². The normalized spacial score (nSPS) is 10.4. The van der Waals surface area contributed by atoms with E-state index in [0.29, 0.717) is 9.24 Å². The molecule has 7 nitrogen and oxygen atoms in total. The van der Waals surface area contributed by atoms with Crippen LogP contribution in [-0.2, 0) is 0 Å². The molecule has 2 rings (SSSR count). The summed E-state index contributed by atoms with van der Waals surface area (Å²) in [6, 6.07) is 4.46. The first-order chi connectivity index (χ1) is 9.88. The lowest BCUT2D eigenvalue weighted by molar-refractivity contribution is -0.385. The van der Waals surface area contributed by atoms with E-state index in [2.05, 4.69) is 10.2 Å². The standard InChI is InChI=1S/C12H12N4O3S2/c1-7(17)9-6-8(4-5-10(9)16(18)19)20-12-14-13-11(21-12)15(2)3/h4-6H,1-3H3. The van der Waals surface area contributed by atoms with E-state index in [1.54, 1.807) is 6.07 Å². The van der Waals surface area contributed by atoms with Crippen molar-refractivity contribution >= 4 is 39.7 Å². The fourth-order valence-electron chi connectivity index (χ4n) is 1.55. The first-order valence-electron chi connectivity index (χ1n) is 5.86. The third kappa shape index (κ3) is 3.56. The summed E-state index contributed by atoms with van der Waals surface area (Å²) >= 11 is 2.73. The minimum Gasteiger partial charge on any atom is -0.353 e. The van der Waals surface area contributed by atoms with Gasteiger partial charge in [-0.15, -0.1) is 10.2 Å². The lowest BCUT2D eigenvalue weighted by Gasteiger charge is -2.04. The van der Waals surface area contributed by atoms with Crippen LogP contribution in [0.1, 0.15) is 17.3 Å². The van der Waals surface area contributed by atoms with Crippen LogP contribution in [-0.4, -0.2) is 35.0 Å². The van der Waals surface area contributed by atoms with Gasteiger partial charge in [0.1, 0.15) is 0 Å². The molecule has 1 heterocycles. The molecule has 0 saturated heterocycles. The first-order valence-corrected chi connectivity index (χ1v) is 7.50. The van der Waals surface area contributed by atoms with Crippen LogP contribution in [0.5, 0.6) is 0 Å². The van der Waals surface area contributed by atoms with Crippen LogP contribution < -0.4 is 4.90 Å². The third-order valence-corrected chi connectivity index (χ3v) is 4.66. The van der Waals surface area contributed by atoms with Gasteiger partial charge < -0.3 is 4.90 Å². The Labute approximate surface area is 129 Å². The summed E-state index contributed by atoms with van der Waals surface area (Å²) in [5, 5.41) is 19.7. The second-order valence-corrected chi connectivity index (χ2v) is 6.62. The lowest BCUT2D eigenvalue weighted by atomic mass is 10.1. The molecule has 0 atom stereocenters. The van der Waals surface area contributed by atoms with Crippen LogP contribution in [0.25, 0.3) is 0 Å². The Morgan fingerprint density at radius 1 is 1.38 bits per heavy atom. The van der Waals surface area contributed by atoms with Crippen LogP contribution in [0.2, 0.25) is 0 Å². The summed E-state index contributed by atoms with van der Waals surface area (Å²) in [6.45, 7) is 1.31. The average Bonchev–Trinajstić information content (AvgIpc) is 2.87. The Bertz CT molecular complexity index is 700. The monoisotopic (exact) mass is 324 g/mol. The van der Waals surface area contributed by atoms with Crippen molar-refractivity contribution in [1.29, 1.82) is 0 Å². The Hall–Kier alpha value is -2.00. The van der Waals surface area contributed by atoms with Gasteiger partial charge in [-0.2, -0.15) is 0 Å². The van der Waals surface area contributed by atoms with Gasteiger partial charge in [0.05, 0.1) is 10.5 Å². The zero-order valence-electron chi connectivity index (χ0n) is 11.6. The SMILES string of the molecule is CC(=O)c1cc(Sc2nnc(N(C)C)s2)ccc1[N+](=O)[O-]. The molecular weight excluding hydrogens is 312 g/mol. The molecule has 1 aromatic carbocycles. The molecule has 0 saturated carbocycles. The maximum atomic E-state index is 11.5. The summed E-state index contributed by atoms with van der Waals surface area (Å²) in [5.74, 6) is -0.338. The molecule has 1 aromatic heterocycles. The van der Waals surface area contributed by atoms with Crippen molar-refractivity contribution in [1.82, 2.24) is 10.2 Å². The van der Waals surface area contributed by atoms with Gasteiger partial charge in [-0.25, -0.2) is 0 Å². The maximum Gasteiger partial charge on any atom is 0.280 e.